The summed E-state index contributed by atoms with van der Waals surface area (Å²) in [6.07, 6.45) is 103. The van der Waals surface area contributed by atoms with Gasteiger partial charge in [0.15, 0.2) is 0 Å². The zero-order valence-electron chi connectivity index (χ0n) is 60.4. The van der Waals surface area contributed by atoms with Crippen molar-refractivity contribution in [1.82, 2.24) is 5.32 Å². The molecule has 0 aliphatic rings. The van der Waals surface area contributed by atoms with Crippen LogP contribution in [-0.4, -0.2) is 47.4 Å². The number of esters is 1. The van der Waals surface area contributed by atoms with E-state index in [1.807, 2.05) is 6.08 Å². The Morgan fingerprint density at radius 2 is 0.562 bits per heavy atom. The summed E-state index contributed by atoms with van der Waals surface area (Å²) in [5, 5.41) is 23.3. The monoisotopic (exact) mass is 1250 g/mol. The minimum atomic E-state index is -0.844. The minimum Gasteiger partial charge on any atom is -0.466 e. The highest BCUT2D eigenvalue weighted by Crippen LogP contribution is 2.20. The van der Waals surface area contributed by atoms with Crippen LogP contribution in [0.1, 0.15) is 457 Å². The third-order valence-corrected chi connectivity index (χ3v) is 19.2. The van der Waals surface area contributed by atoms with Gasteiger partial charge in [0.25, 0.3) is 0 Å². The number of nitrogens with one attached hydrogen (secondary N) is 1. The molecule has 0 fully saturated rings. The summed E-state index contributed by atoms with van der Waals surface area (Å²) >= 11 is 0. The number of hydrogen-bond acceptors (Lipinski definition) is 5. The third kappa shape index (κ3) is 75.0. The molecule has 0 aromatic rings. The Hall–Kier alpha value is -1.92. The van der Waals surface area contributed by atoms with Gasteiger partial charge in [-0.05, 0) is 64.2 Å². The van der Waals surface area contributed by atoms with Crippen molar-refractivity contribution < 1.29 is 24.5 Å². The first-order chi connectivity index (χ1) is 44.0. The second kappa shape index (κ2) is 78.5. The number of aliphatic hydroxyl groups is 2. The molecule has 0 rings (SSSR count). The van der Waals surface area contributed by atoms with Crippen LogP contribution in [0.25, 0.3) is 0 Å². The molecule has 2 unspecified atom stereocenters. The molecule has 0 heterocycles. The van der Waals surface area contributed by atoms with Crippen molar-refractivity contribution >= 4 is 11.9 Å². The highest BCUT2D eigenvalue weighted by Gasteiger charge is 2.18. The number of aliphatic hydroxyl groups excluding tert-OH is 2. The first-order valence-corrected chi connectivity index (χ1v) is 40.8. The van der Waals surface area contributed by atoms with Gasteiger partial charge in [-0.25, -0.2) is 0 Å². The van der Waals surface area contributed by atoms with Gasteiger partial charge in [0.05, 0.1) is 25.4 Å². The maximum absolute atomic E-state index is 12.5. The Morgan fingerprint density at radius 1 is 0.315 bits per heavy atom. The lowest BCUT2D eigenvalue weighted by molar-refractivity contribution is -0.143. The van der Waals surface area contributed by atoms with Gasteiger partial charge in [-0.1, -0.05) is 416 Å². The van der Waals surface area contributed by atoms with Gasteiger partial charge in [0.2, 0.25) is 5.91 Å². The SMILES string of the molecule is CCCCCCCCCCCCCCCCCCC/C=C/C(O)C(CO)NC(=O)CCCCCCCCCCCCCCCCCCC/C=C\C/C=C\CCCCCCCCCCCCCOC(=O)CCCCCCCCCCCCCCCCCCCC. The van der Waals surface area contributed by atoms with Gasteiger partial charge in [-0.3, -0.25) is 9.59 Å². The lowest BCUT2D eigenvalue weighted by atomic mass is 10.0. The Morgan fingerprint density at radius 3 is 0.854 bits per heavy atom. The van der Waals surface area contributed by atoms with Crippen molar-refractivity contribution in [2.45, 2.75) is 469 Å². The van der Waals surface area contributed by atoms with Crippen LogP contribution in [0.4, 0.5) is 0 Å². The van der Waals surface area contributed by atoms with Gasteiger partial charge in [0, 0.05) is 12.8 Å². The Kier molecular flexibility index (Phi) is 76.8. The number of carbonyl (C=O) groups excluding carboxylic acids is 2. The summed E-state index contributed by atoms with van der Waals surface area (Å²) in [6.45, 7) is 4.96. The second-order valence-corrected chi connectivity index (χ2v) is 28.1. The topological polar surface area (TPSA) is 95.9 Å². The summed E-state index contributed by atoms with van der Waals surface area (Å²) < 4.78 is 5.52. The standard InChI is InChI=1S/C83H159NO5/c1-3-5-7-9-11-13-15-17-19-21-40-43-47-51-55-59-63-67-71-75-81(86)80(79-85)84-82(87)76-72-68-64-60-56-52-48-44-41-38-36-34-32-30-28-26-24-23-25-27-29-31-33-35-37-39-42-46-50-54-58-62-66-70-74-78-89-83(88)77-73-69-65-61-57-53-49-45-22-20-18-16-14-12-10-8-6-4-2/h25,27,31,33,71,75,80-81,85-86H,3-24,26,28-30,32,34-70,72-74,76-79H2,1-2H3,(H,84,87)/b27-25-,33-31-,75-71+. The molecule has 0 saturated carbocycles. The van der Waals surface area contributed by atoms with Crippen molar-refractivity contribution in [3.05, 3.63) is 36.5 Å². The number of carbonyl (C=O) groups is 2. The van der Waals surface area contributed by atoms with Gasteiger partial charge >= 0.3 is 5.97 Å². The quantitative estimate of drug-likeness (QED) is 0.0320. The summed E-state index contributed by atoms with van der Waals surface area (Å²) in [5.74, 6) is -0.0397. The molecule has 0 aromatic carbocycles. The molecule has 6 heteroatoms. The van der Waals surface area contributed by atoms with E-state index in [2.05, 4.69) is 43.5 Å². The summed E-state index contributed by atoms with van der Waals surface area (Å²) in [7, 11) is 0. The van der Waals surface area contributed by atoms with E-state index in [1.54, 1.807) is 6.08 Å². The molecule has 89 heavy (non-hydrogen) atoms. The fraction of sp³-hybridized carbons (Fsp3) is 0.904. The second-order valence-electron chi connectivity index (χ2n) is 28.1. The molecule has 0 radical (unpaired) electrons. The molecular weight excluding hydrogens is 1090 g/mol. The van der Waals surface area contributed by atoms with E-state index in [0.717, 1.165) is 44.9 Å². The fourth-order valence-electron chi connectivity index (χ4n) is 13.0. The number of rotatable bonds is 77. The van der Waals surface area contributed by atoms with Crippen LogP contribution in [0.5, 0.6) is 0 Å². The molecule has 0 spiro atoms. The van der Waals surface area contributed by atoms with E-state index < -0.39 is 12.1 Å². The molecule has 0 saturated heterocycles. The van der Waals surface area contributed by atoms with Crippen LogP contribution in [-0.2, 0) is 14.3 Å². The van der Waals surface area contributed by atoms with E-state index in [0.29, 0.717) is 19.4 Å². The van der Waals surface area contributed by atoms with Crippen molar-refractivity contribution in [2.75, 3.05) is 13.2 Å². The number of hydrogen-bond donors (Lipinski definition) is 3. The van der Waals surface area contributed by atoms with Gasteiger partial charge < -0.3 is 20.3 Å². The smallest absolute Gasteiger partial charge is 0.305 e. The zero-order valence-corrected chi connectivity index (χ0v) is 60.4. The number of amides is 1. The van der Waals surface area contributed by atoms with Crippen molar-refractivity contribution in [1.29, 1.82) is 0 Å². The van der Waals surface area contributed by atoms with Gasteiger partial charge in [0.1, 0.15) is 0 Å². The first kappa shape index (κ1) is 87.1. The molecule has 2 atom stereocenters. The predicted octanol–water partition coefficient (Wildman–Crippen LogP) is 27.0. The largest absolute Gasteiger partial charge is 0.466 e. The number of ether oxygens (including phenoxy) is 1. The van der Waals surface area contributed by atoms with Crippen LogP contribution in [0.3, 0.4) is 0 Å². The normalized spacial score (nSPS) is 12.6. The molecule has 3 N–H and O–H groups in total. The Balaban J connectivity index is 3.37. The third-order valence-electron chi connectivity index (χ3n) is 19.2. The van der Waals surface area contributed by atoms with Gasteiger partial charge in [-0.15, -0.1) is 0 Å². The predicted molar refractivity (Wildman–Crippen MR) is 393 cm³/mol. The molecule has 1 amide bonds. The zero-order chi connectivity index (χ0) is 64.2. The van der Waals surface area contributed by atoms with Crippen LogP contribution in [0.2, 0.25) is 0 Å². The average molecular weight is 1250 g/mol. The van der Waals surface area contributed by atoms with E-state index >= 15 is 0 Å². The number of unbranched alkanes of at least 4 members (excludes halogenated alkanes) is 62. The summed E-state index contributed by atoms with van der Waals surface area (Å²) in [4.78, 5) is 24.7. The van der Waals surface area contributed by atoms with Crippen LogP contribution < -0.4 is 5.32 Å². The Bertz CT molecular complexity index is 1440. The molecule has 6 nitrogen and oxygen atoms in total. The van der Waals surface area contributed by atoms with Crippen LogP contribution in [0.15, 0.2) is 36.5 Å². The lowest BCUT2D eigenvalue weighted by Gasteiger charge is -2.20. The highest BCUT2D eigenvalue weighted by molar-refractivity contribution is 5.76. The van der Waals surface area contributed by atoms with Gasteiger partial charge in [-0.2, -0.15) is 0 Å². The summed E-state index contributed by atoms with van der Waals surface area (Å²) in [6, 6.07) is -0.627. The minimum absolute atomic E-state index is 0.0218. The number of allylic oxidation sites excluding steroid dienone is 5. The van der Waals surface area contributed by atoms with E-state index in [4.69, 9.17) is 4.74 Å². The molecule has 526 valence electrons. The first-order valence-electron chi connectivity index (χ1n) is 40.8. The van der Waals surface area contributed by atoms with Crippen LogP contribution >= 0.6 is 0 Å². The maximum atomic E-state index is 12.5. The molecule has 0 aliphatic heterocycles. The summed E-state index contributed by atoms with van der Waals surface area (Å²) in [5.41, 5.74) is 0. The van der Waals surface area contributed by atoms with Crippen molar-refractivity contribution in [3.8, 4) is 0 Å². The average Bonchev–Trinajstić information content (AvgIpc) is 3.62. The maximum Gasteiger partial charge on any atom is 0.305 e. The van der Waals surface area contributed by atoms with E-state index in [9.17, 15) is 19.8 Å². The molecule has 0 aromatic heterocycles. The van der Waals surface area contributed by atoms with Crippen molar-refractivity contribution in [3.63, 3.8) is 0 Å². The lowest BCUT2D eigenvalue weighted by Crippen LogP contribution is -2.45. The van der Waals surface area contributed by atoms with E-state index in [1.165, 1.54) is 385 Å². The fourth-order valence-corrected chi connectivity index (χ4v) is 13.0. The van der Waals surface area contributed by atoms with E-state index in [-0.39, 0.29) is 18.5 Å². The Labute approximate surface area is 557 Å². The highest BCUT2D eigenvalue weighted by atomic mass is 16.5. The van der Waals surface area contributed by atoms with Crippen molar-refractivity contribution in [2.24, 2.45) is 0 Å². The molecule has 0 bridgehead atoms. The molecular formula is C83H159NO5. The van der Waals surface area contributed by atoms with Crippen LogP contribution in [0, 0.1) is 0 Å². The molecule has 0 aliphatic carbocycles.